The monoisotopic (exact) mass is 312 g/mol. The van der Waals surface area contributed by atoms with Gasteiger partial charge in [0.15, 0.2) is 0 Å². The quantitative estimate of drug-likeness (QED) is 0.733. The molecule has 4 nitrogen and oxygen atoms in total. The van der Waals surface area contributed by atoms with E-state index in [1.165, 1.54) is 25.9 Å². The fourth-order valence-corrected chi connectivity index (χ4v) is 3.99. The largest absolute Gasteiger partial charge is 0.508 e. The minimum absolute atomic E-state index is 0.105. The van der Waals surface area contributed by atoms with Crippen LogP contribution in [0.3, 0.4) is 0 Å². The molecular formula is C19H24N2O2. The molecule has 23 heavy (non-hydrogen) atoms. The van der Waals surface area contributed by atoms with E-state index in [4.69, 9.17) is 0 Å². The lowest BCUT2D eigenvalue weighted by Gasteiger charge is -2.35. The normalized spacial score (nSPS) is 34.0. The van der Waals surface area contributed by atoms with Crippen LogP contribution in [0.5, 0.6) is 0 Å². The number of rotatable bonds is 2. The molecule has 3 atom stereocenters. The number of hydrogen-bond acceptors (Lipinski definition) is 4. The van der Waals surface area contributed by atoms with Crippen LogP contribution in [-0.4, -0.2) is 40.3 Å². The summed E-state index contributed by atoms with van der Waals surface area (Å²) in [5.74, 6) is 0.403. The van der Waals surface area contributed by atoms with Crippen LogP contribution in [0, 0.1) is 5.92 Å². The van der Waals surface area contributed by atoms with Gasteiger partial charge in [-0.1, -0.05) is 18.2 Å². The van der Waals surface area contributed by atoms with Crippen LogP contribution in [0.15, 0.2) is 59.2 Å². The van der Waals surface area contributed by atoms with E-state index in [0.29, 0.717) is 11.8 Å². The van der Waals surface area contributed by atoms with Gasteiger partial charge in [-0.05, 0) is 57.0 Å². The van der Waals surface area contributed by atoms with Crippen molar-refractivity contribution in [3.05, 3.63) is 59.2 Å². The number of allylic oxidation sites excluding steroid dienone is 3. The Hall–Kier alpha value is -1.78. The predicted molar refractivity (Wildman–Crippen MR) is 90.6 cm³/mol. The fraction of sp³-hybridized carbons (Fsp3) is 0.474. The molecule has 0 bridgehead atoms. The van der Waals surface area contributed by atoms with E-state index in [2.05, 4.69) is 22.4 Å². The second-order valence-corrected chi connectivity index (χ2v) is 6.81. The van der Waals surface area contributed by atoms with Crippen molar-refractivity contribution in [1.82, 2.24) is 10.2 Å². The number of nitrogens with zero attached hydrogens (tertiary/aromatic N) is 1. The molecule has 2 aliphatic heterocycles. The zero-order valence-corrected chi connectivity index (χ0v) is 13.3. The first-order valence-corrected chi connectivity index (χ1v) is 8.61. The molecule has 0 saturated carbocycles. The summed E-state index contributed by atoms with van der Waals surface area (Å²) < 4.78 is 0. The van der Waals surface area contributed by atoms with Crippen molar-refractivity contribution in [2.24, 2.45) is 5.92 Å². The molecule has 0 aromatic carbocycles. The Morgan fingerprint density at radius 2 is 1.91 bits per heavy atom. The standard InChI is InChI=1S/C19H24N2O2/c22-15-5-3-4-13(10-15)18-12-19(23)16-11-14(6-7-17(16)20-18)21-8-1-2-9-21/h3,5,7,10-14,19-20,22-23H,1-2,4,6,8-9H2. The Morgan fingerprint density at radius 1 is 1.09 bits per heavy atom. The summed E-state index contributed by atoms with van der Waals surface area (Å²) in [6.07, 6.45) is 15.7. The third kappa shape index (κ3) is 2.89. The SMILES string of the molecule is OC1=CC(C2=CC(O)C3=CC(N4CCCC4)CC=C3N2)CC=C1. The Bertz CT molecular complexity index is 636. The summed E-state index contributed by atoms with van der Waals surface area (Å²) in [4.78, 5) is 2.51. The van der Waals surface area contributed by atoms with Crippen LogP contribution in [-0.2, 0) is 0 Å². The van der Waals surface area contributed by atoms with Gasteiger partial charge in [0.1, 0.15) is 11.9 Å². The van der Waals surface area contributed by atoms with Crippen molar-refractivity contribution in [1.29, 1.82) is 0 Å². The molecule has 0 amide bonds. The summed E-state index contributed by atoms with van der Waals surface area (Å²) in [5.41, 5.74) is 3.01. The van der Waals surface area contributed by atoms with Gasteiger partial charge in [0.2, 0.25) is 0 Å². The van der Waals surface area contributed by atoms with E-state index in [0.717, 1.165) is 29.8 Å². The molecule has 4 aliphatic rings. The van der Waals surface area contributed by atoms with Gasteiger partial charge in [-0.15, -0.1) is 0 Å². The maximum absolute atomic E-state index is 10.6. The molecule has 0 spiro atoms. The number of fused-ring (bicyclic) bond motifs is 1. The lowest BCUT2D eigenvalue weighted by Crippen LogP contribution is -2.37. The van der Waals surface area contributed by atoms with Crippen LogP contribution in [0.1, 0.15) is 25.7 Å². The van der Waals surface area contributed by atoms with Crippen molar-refractivity contribution in [2.45, 2.75) is 37.8 Å². The van der Waals surface area contributed by atoms with Gasteiger partial charge in [-0.3, -0.25) is 4.90 Å². The van der Waals surface area contributed by atoms with Gasteiger partial charge in [0, 0.05) is 28.9 Å². The molecule has 3 N–H and O–H groups in total. The van der Waals surface area contributed by atoms with Crippen LogP contribution in [0.25, 0.3) is 0 Å². The van der Waals surface area contributed by atoms with E-state index in [9.17, 15) is 10.2 Å². The smallest absolute Gasteiger partial charge is 0.111 e. The summed E-state index contributed by atoms with van der Waals surface area (Å²) in [7, 11) is 0. The maximum atomic E-state index is 10.6. The number of aliphatic hydroxyl groups excluding tert-OH is 2. The Balaban J connectivity index is 1.55. The molecule has 0 radical (unpaired) electrons. The lowest BCUT2D eigenvalue weighted by atomic mass is 9.87. The molecule has 2 aliphatic carbocycles. The first-order valence-electron chi connectivity index (χ1n) is 8.61. The molecule has 1 saturated heterocycles. The van der Waals surface area contributed by atoms with Gasteiger partial charge in [0.25, 0.3) is 0 Å². The highest BCUT2D eigenvalue weighted by molar-refractivity contribution is 5.46. The van der Waals surface area contributed by atoms with E-state index in [1.54, 1.807) is 6.08 Å². The molecule has 3 unspecified atom stereocenters. The van der Waals surface area contributed by atoms with Crippen LogP contribution in [0.4, 0.5) is 0 Å². The Morgan fingerprint density at radius 3 is 2.70 bits per heavy atom. The number of nitrogens with one attached hydrogen (secondary N) is 1. The predicted octanol–water partition coefficient (Wildman–Crippen LogP) is 2.53. The molecule has 122 valence electrons. The minimum Gasteiger partial charge on any atom is -0.508 e. The Labute approximate surface area is 137 Å². The molecule has 2 heterocycles. The van der Waals surface area contributed by atoms with Gasteiger partial charge in [-0.25, -0.2) is 0 Å². The first-order chi connectivity index (χ1) is 11.2. The van der Waals surface area contributed by atoms with Gasteiger partial charge < -0.3 is 15.5 Å². The van der Waals surface area contributed by atoms with Crippen molar-refractivity contribution >= 4 is 0 Å². The van der Waals surface area contributed by atoms with E-state index in [-0.39, 0.29) is 5.92 Å². The van der Waals surface area contributed by atoms with Crippen LogP contribution in [0.2, 0.25) is 0 Å². The van der Waals surface area contributed by atoms with Crippen molar-refractivity contribution in [2.75, 3.05) is 13.1 Å². The Kier molecular flexibility index (Phi) is 3.87. The molecule has 0 aromatic heterocycles. The summed E-state index contributed by atoms with van der Waals surface area (Å²) in [5, 5.41) is 23.7. The third-order valence-electron chi connectivity index (χ3n) is 5.24. The van der Waals surface area contributed by atoms with Gasteiger partial charge in [-0.2, -0.15) is 0 Å². The van der Waals surface area contributed by atoms with Crippen LogP contribution < -0.4 is 5.32 Å². The van der Waals surface area contributed by atoms with Gasteiger partial charge >= 0.3 is 0 Å². The number of likely N-dealkylation sites (tertiary alicyclic amines) is 1. The highest BCUT2D eigenvalue weighted by Gasteiger charge is 2.30. The molecular weight excluding hydrogens is 288 g/mol. The maximum Gasteiger partial charge on any atom is 0.111 e. The first kappa shape index (κ1) is 14.8. The minimum atomic E-state index is -0.565. The molecule has 4 rings (SSSR count). The van der Waals surface area contributed by atoms with E-state index in [1.807, 2.05) is 18.2 Å². The van der Waals surface area contributed by atoms with Crippen molar-refractivity contribution in [3.63, 3.8) is 0 Å². The fourth-order valence-electron chi connectivity index (χ4n) is 3.99. The van der Waals surface area contributed by atoms with E-state index >= 15 is 0 Å². The zero-order chi connectivity index (χ0) is 15.8. The van der Waals surface area contributed by atoms with E-state index < -0.39 is 6.10 Å². The highest BCUT2D eigenvalue weighted by atomic mass is 16.3. The third-order valence-corrected chi connectivity index (χ3v) is 5.24. The summed E-state index contributed by atoms with van der Waals surface area (Å²) >= 11 is 0. The average Bonchev–Trinajstić information content (AvgIpc) is 3.09. The van der Waals surface area contributed by atoms with Crippen molar-refractivity contribution in [3.8, 4) is 0 Å². The summed E-state index contributed by atoms with van der Waals surface area (Å²) in [6.45, 7) is 2.33. The zero-order valence-electron chi connectivity index (χ0n) is 13.3. The number of aliphatic hydroxyl groups is 2. The second kappa shape index (κ2) is 6.02. The van der Waals surface area contributed by atoms with Crippen molar-refractivity contribution < 1.29 is 10.2 Å². The number of hydrogen-bond donors (Lipinski definition) is 3. The highest BCUT2D eigenvalue weighted by Crippen LogP contribution is 2.33. The molecule has 4 heteroatoms. The topological polar surface area (TPSA) is 55.7 Å². The summed E-state index contributed by atoms with van der Waals surface area (Å²) in [6, 6.07) is 0.421. The van der Waals surface area contributed by atoms with Crippen LogP contribution >= 0.6 is 0 Å². The second-order valence-electron chi connectivity index (χ2n) is 6.81. The molecule has 1 fully saturated rings. The van der Waals surface area contributed by atoms with Gasteiger partial charge in [0.05, 0.1) is 0 Å². The molecule has 0 aromatic rings. The average molecular weight is 312 g/mol. The lowest BCUT2D eigenvalue weighted by molar-refractivity contribution is 0.242.